The molecule has 0 aliphatic carbocycles. The third kappa shape index (κ3) is 4.91. The lowest BCUT2D eigenvalue weighted by Gasteiger charge is -2.22. The first-order valence-electron chi connectivity index (χ1n) is 10.0. The Kier molecular flexibility index (Phi) is 7.67. The summed E-state index contributed by atoms with van der Waals surface area (Å²) in [5.74, 6) is 0.925. The van der Waals surface area contributed by atoms with Crippen LogP contribution in [-0.2, 0) is 12.0 Å². The van der Waals surface area contributed by atoms with Gasteiger partial charge in [0.25, 0.3) is 0 Å². The summed E-state index contributed by atoms with van der Waals surface area (Å²) in [6, 6.07) is 14.8. The number of fused-ring (bicyclic) bond motifs is 1. The number of halogens is 2. The van der Waals surface area contributed by atoms with Crippen LogP contribution in [0, 0.1) is 0 Å². The van der Waals surface area contributed by atoms with E-state index in [1.54, 1.807) is 0 Å². The summed E-state index contributed by atoms with van der Waals surface area (Å²) in [6.07, 6.45) is 4.54. The lowest BCUT2D eigenvalue weighted by Crippen LogP contribution is -2.26. The van der Waals surface area contributed by atoms with Gasteiger partial charge in [0.05, 0.1) is 5.52 Å². The van der Waals surface area contributed by atoms with Gasteiger partial charge in [0.1, 0.15) is 5.75 Å². The van der Waals surface area contributed by atoms with Crippen molar-refractivity contribution < 1.29 is 5.11 Å². The molecule has 2 heterocycles. The molecule has 0 saturated carbocycles. The molecule has 2 aromatic carbocycles. The van der Waals surface area contributed by atoms with E-state index in [1.165, 1.54) is 16.7 Å². The maximum atomic E-state index is 10.6. The van der Waals surface area contributed by atoms with Crippen LogP contribution in [0.25, 0.3) is 10.9 Å². The molecule has 0 amide bonds. The van der Waals surface area contributed by atoms with E-state index in [4.69, 9.17) is 0 Å². The zero-order chi connectivity index (χ0) is 19.0. The van der Waals surface area contributed by atoms with Crippen molar-refractivity contribution in [2.24, 2.45) is 0 Å². The van der Waals surface area contributed by atoms with Crippen LogP contribution in [0.3, 0.4) is 0 Å². The first-order valence-corrected chi connectivity index (χ1v) is 10.0. The average molecular weight is 435 g/mol. The molecule has 158 valence electrons. The molecule has 0 spiro atoms. The molecule has 5 heteroatoms. The molecule has 1 saturated heterocycles. The Bertz CT molecular complexity index is 936. The van der Waals surface area contributed by atoms with Crippen molar-refractivity contribution in [2.75, 3.05) is 13.1 Å². The Morgan fingerprint density at radius 2 is 1.66 bits per heavy atom. The number of nitrogens with zero attached hydrogens (tertiary/aromatic N) is 1. The highest BCUT2D eigenvalue weighted by molar-refractivity contribution is 5.90. The highest BCUT2D eigenvalue weighted by Gasteiger charge is 2.22. The fourth-order valence-corrected chi connectivity index (χ4v) is 4.25. The van der Waals surface area contributed by atoms with E-state index in [9.17, 15) is 5.11 Å². The van der Waals surface area contributed by atoms with Crippen molar-refractivity contribution in [2.45, 2.75) is 51.5 Å². The number of phenols is 1. The summed E-state index contributed by atoms with van der Waals surface area (Å²) < 4.78 is 2.30. The number of nitrogens with one attached hydrogen (secondary N) is 1. The van der Waals surface area contributed by atoms with E-state index < -0.39 is 0 Å². The Morgan fingerprint density at radius 3 is 2.28 bits per heavy atom. The molecule has 0 atom stereocenters. The van der Waals surface area contributed by atoms with Crippen molar-refractivity contribution in [3.63, 3.8) is 0 Å². The van der Waals surface area contributed by atoms with Crippen molar-refractivity contribution in [3.8, 4) is 5.75 Å². The summed E-state index contributed by atoms with van der Waals surface area (Å²) in [5.41, 5.74) is 5.25. The maximum absolute atomic E-state index is 10.6. The number of piperidine rings is 1. The Balaban J connectivity index is 0.00000150. The topological polar surface area (TPSA) is 37.2 Å². The Morgan fingerprint density at radius 1 is 1.00 bits per heavy atom. The van der Waals surface area contributed by atoms with Crippen LogP contribution < -0.4 is 5.32 Å². The van der Waals surface area contributed by atoms with Gasteiger partial charge >= 0.3 is 0 Å². The summed E-state index contributed by atoms with van der Waals surface area (Å²) in [6.45, 7) is 9.67. The van der Waals surface area contributed by atoms with Crippen LogP contribution in [-0.4, -0.2) is 22.8 Å². The van der Waals surface area contributed by atoms with E-state index in [-0.39, 0.29) is 30.2 Å². The van der Waals surface area contributed by atoms with Gasteiger partial charge in [0, 0.05) is 18.1 Å². The maximum Gasteiger partial charge on any atom is 0.125 e. The van der Waals surface area contributed by atoms with E-state index in [0.717, 1.165) is 43.4 Å². The molecule has 0 unspecified atom stereocenters. The first kappa shape index (κ1) is 23.6. The second-order valence-electron chi connectivity index (χ2n) is 8.85. The van der Waals surface area contributed by atoms with Crippen molar-refractivity contribution in [3.05, 3.63) is 65.4 Å². The molecule has 1 aromatic heterocycles. The SMILES string of the molecule is CC(C)(C)c1ccc(Cn2cc(C3CCNCC3)c3c(O)cccc32)cc1.Cl.Cl. The van der Waals surface area contributed by atoms with Crippen LogP contribution >= 0.6 is 24.8 Å². The van der Waals surface area contributed by atoms with Crippen LogP contribution in [0.4, 0.5) is 0 Å². The fraction of sp³-hybridized carbons (Fsp3) is 0.417. The lowest BCUT2D eigenvalue weighted by molar-refractivity contribution is 0.458. The largest absolute Gasteiger partial charge is 0.507 e. The number of rotatable bonds is 3. The van der Waals surface area contributed by atoms with Gasteiger partial charge in [-0.05, 0) is 66.1 Å². The molecular formula is C24H32Cl2N2O. The molecule has 3 aromatic rings. The van der Waals surface area contributed by atoms with E-state index in [1.807, 2.05) is 12.1 Å². The van der Waals surface area contributed by atoms with Gasteiger partial charge < -0.3 is 15.0 Å². The monoisotopic (exact) mass is 434 g/mol. The summed E-state index contributed by atoms with van der Waals surface area (Å²) in [7, 11) is 0. The number of aromatic nitrogens is 1. The van der Waals surface area contributed by atoms with Gasteiger partial charge in [0.2, 0.25) is 0 Å². The minimum atomic E-state index is 0. The van der Waals surface area contributed by atoms with Crippen molar-refractivity contribution >= 4 is 35.7 Å². The Labute approximate surface area is 186 Å². The number of hydrogen-bond donors (Lipinski definition) is 2. The number of aromatic hydroxyl groups is 1. The molecule has 2 N–H and O–H groups in total. The van der Waals surface area contributed by atoms with Gasteiger partial charge in [0.15, 0.2) is 0 Å². The van der Waals surface area contributed by atoms with Gasteiger partial charge in [-0.25, -0.2) is 0 Å². The van der Waals surface area contributed by atoms with Crippen LogP contribution in [0.1, 0.15) is 56.2 Å². The quantitative estimate of drug-likeness (QED) is 0.529. The average Bonchev–Trinajstić information content (AvgIpc) is 3.02. The van der Waals surface area contributed by atoms with Crippen LogP contribution in [0.2, 0.25) is 0 Å². The number of hydrogen-bond acceptors (Lipinski definition) is 2. The number of phenolic OH excluding ortho intramolecular Hbond substituents is 1. The molecule has 0 radical (unpaired) electrons. The zero-order valence-electron chi connectivity index (χ0n) is 17.4. The van der Waals surface area contributed by atoms with Gasteiger partial charge in [-0.3, -0.25) is 0 Å². The second-order valence-corrected chi connectivity index (χ2v) is 8.85. The van der Waals surface area contributed by atoms with E-state index >= 15 is 0 Å². The van der Waals surface area contributed by atoms with Crippen LogP contribution in [0.15, 0.2) is 48.7 Å². The minimum Gasteiger partial charge on any atom is -0.507 e. The molecule has 0 bridgehead atoms. The normalized spacial score (nSPS) is 15.0. The molecule has 1 aliphatic heterocycles. The lowest BCUT2D eigenvalue weighted by atomic mass is 9.87. The molecule has 1 aliphatic rings. The van der Waals surface area contributed by atoms with E-state index in [0.29, 0.717) is 11.7 Å². The van der Waals surface area contributed by atoms with Crippen molar-refractivity contribution in [1.29, 1.82) is 0 Å². The van der Waals surface area contributed by atoms with Gasteiger partial charge in [-0.2, -0.15) is 0 Å². The van der Waals surface area contributed by atoms with Crippen LogP contribution in [0.5, 0.6) is 5.75 Å². The molecule has 1 fully saturated rings. The molecule has 4 rings (SSSR count). The predicted octanol–water partition coefficient (Wildman–Crippen LogP) is 6.00. The highest BCUT2D eigenvalue weighted by atomic mass is 35.5. The standard InChI is InChI=1S/C24H30N2O.2ClH/c1-24(2,3)19-9-7-17(8-10-19)15-26-16-20(18-11-13-25-14-12-18)23-21(26)5-4-6-22(23)27;;/h4-10,16,18,25,27H,11-15H2,1-3H3;2*1H. The van der Waals surface area contributed by atoms with Crippen molar-refractivity contribution in [1.82, 2.24) is 9.88 Å². The van der Waals surface area contributed by atoms with Gasteiger partial charge in [-0.15, -0.1) is 24.8 Å². The second kappa shape index (κ2) is 9.42. The molecular weight excluding hydrogens is 403 g/mol. The fourth-order valence-electron chi connectivity index (χ4n) is 4.25. The minimum absolute atomic E-state index is 0. The predicted molar refractivity (Wildman–Crippen MR) is 127 cm³/mol. The molecule has 29 heavy (non-hydrogen) atoms. The number of benzene rings is 2. The first-order chi connectivity index (χ1) is 12.9. The summed E-state index contributed by atoms with van der Waals surface area (Å²) in [5, 5.41) is 15.0. The summed E-state index contributed by atoms with van der Waals surface area (Å²) >= 11 is 0. The summed E-state index contributed by atoms with van der Waals surface area (Å²) in [4.78, 5) is 0. The smallest absolute Gasteiger partial charge is 0.125 e. The highest BCUT2D eigenvalue weighted by Crippen LogP contribution is 2.37. The third-order valence-corrected chi connectivity index (χ3v) is 5.87. The zero-order valence-corrected chi connectivity index (χ0v) is 19.1. The van der Waals surface area contributed by atoms with Gasteiger partial charge in [-0.1, -0.05) is 51.1 Å². The van der Waals surface area contributed by atoms with E-state index in [2.05, 4.69) is 67.2 Å². The Hall–Kier alpha value is -1.68. The molecule has 3 nitrogen and oxygen atoms in total. The third-order valence-electron chi connectivity index (χ3n) is 5.87.